The molecule has 0 aromatic heterocycles. The molecule has 2 atom stereocenters. The standard InChI is InChI=1S/C12H23N3O2/c1-8(2)12(17)14-10-4-9(3)5-15(6-10)7-11(13)16/h8-10H,4-7H2,1-3H3,(H2,13,16)(H,14,17). The Bertz CT molecular complexity index is 291. The Balaban J connectivity index is 2.50. The van der Waals surface area contributed by atoms with Crippen molar-refractivity contribution in [3.63, 3.8) is 0 Å². The molecule has 5 nitrogen and oxygen atoms in total. The van der Waals surface area contributed by atoms with E-state index in [2.05, 4.69) is 12.2 Å². The molecule has 5 heteroatoms. The Labute approximate surface area is 103 Å². The van der Waals surface area contributed by atoms with Crippen LogP contribution in [0.15, 0.2) is 0 Å². The fourth-order valence-electron chi connectivity index (χ4n) is 2.28. The summed E-state index contributed by atoms with van der Waals surface area (Å²) in [6.07, 6.45) is 0.966. The van der Waals surface area contributed by atoms with E-state index in [1.54, 1.807) is 0 Å². The van der Waals surface area contributed by atoms with Gasteiger partial charge in [-0.1, -0.05) is 20.8 Å². The van der Waals surface area contributed by atoms with Crippen molar-refractivity contribution in [3.8, 4) is 0 Å². The van der Waals surface area contributed by atoms with Crippen molar-refractivity contribution >= 4 is 11.8 Å². The summed E-state index contributed by atoms with van der Waals surface area (Å²) in [7, 11) is 0. The molecule has 3 N–H and O–H groups in total. The van der Waals surface area contributed by atoms with Gasteiger partial charge in [-0.3, -0.25) is 14.5 Å². The van der Waals surface area contributed by atoms with E-state index in [0.29, 0.717) is 12.5 Å². The van der Waals surface area contributed by atoms with E-state index in [9.17, 15) is 9.59 Å². The number of piperidine rings is 1. The Morgan fingerprint density at radius 2 is 2.06 bits per heavy atom. The molecule has 1 fully saturated rings. The zero-order valence-electron chi connectivity index (χ0n) is 10.9. The topological polar surface area (TPSA) is 75.4 Å². The Morgan fingerprint density at radius 3 is 2.59 bits per heavy atom. The molecule has 1 aliphatic rings. The molecule has 0 radical (unpaired) electrons. The highest BCUT2D eigenvalue weighted by Gasteiger charge is 2.26. The van der Waals surface area contributed by atoms with Gasteiger partial charge < -0.3 is 11.1 Å². The molecule has 17 heavy (non-hydrogen) atoms. The zero-order valence-corrected chi connectivity index (χ0v) is 10.9. The number of primary amides is 1. The van der Waals surface area contributed by atoms with Crippen LogP contribution in [-0.2, 0) is 9.59 Å². The molecule has 0 bridgehead atoms. The predicted octanol–water partition coefficient (Wildman–Crippen LogP) is -0.0457. The molecule has 0 aliphatic carbocycles. The normalized spacial score (nSPS) is 25.9. The molecule has 0 aromatic rings. The van der Waals surface area contributed by atoms with Gasteiger partial charge in [0.1, 0.15) is 0 Å². The molecule has 0 saturated carbocycles. The van der Waals surface area contributed by atoms with E-state index >= 15 is 0 Å². The summed E-state index contributed by atoms with van der Waals surface area (Å²) < 4.78 is 0. The van der Waals surface area contributed by atoms with E-state index in [4.69, 9.17) is 5.73 Å². The van der Waals surface area contributed by atoms with Crippen molar-refractivity contribution in [3.05, 3.63) is 0 Å². The van der Waals surface area contributed by atoms with Crippen molar-refractivity contribution < 1.29 is 9.59 Å². The van der Waals surface area contributed by atoms with Crippen LogP contribution in [0.4, 0.5) is 0 Å². The summed E-state index contributed by atoms with van der Waals surface area (Å²) >= 11 is 0. The number of carbonyl (C=O) groups excluding carboxylic acids is 2. The molecular formula is C12H23N3O2. The number of amides is 2. The highest BCUT2D eigenvalue weighted by atomic mass is 16.2. The summed E-state index contributed by atoms with van der Waals surface area (Å²) in [5.74, 6) is 0.230. The maximum Gasteiger partial charge on any atom is 0.231 e. The van der Waals surface area contributed by atoms with Gasteiger partial charge in [0, 0.05) is 25.0 Å². The van der Waals surface area contributed by atoms with Gasteiger partial charge in [-0.25, -0.2) is 0 Å². The van der Waals surface area contributed by atoms with Crippen molar-refractivity contribution in [1.29, 1.82) is 0 Å². The molecule has 98 valence electrons. The fraction of sp³-hybridized carbons (Fsp3) is 0.833. The molecule has 1 heterocycles. The van der Waals surface area contributed by atoms with Gasteiger partial charge in [-0.15, -0.1) is 0 Å². The van der Waals surface area contributed by atoms with E-state index in [1.807, 2.05) is 18.7 Å². The van der Waals surface area contributed by atoms with Crippen LogP contribution in [0.25, 0.3) is 0 Å². The number of rotatable bonds is 4. The summed E-state index contributed by atoms with van der Waals surface area (Å²) in [5, 5.41) is 3.02. The van der Waals surface area contributed by atoms with Gasteiger partial charge in [-0.05, 0) is 12.3 Å². The van der Waals surface area contributed by atoms with Crippen LogP contribution in [0, 0.1) is 11.8 Å². The molecule has 2 unspecified atom stereocenters. The third-order valence-corrected chi connectivity index (χ3v) is 2.99. The first-order valence-corrected chi connectivity index (χ1v) is 6.19. The van der Waals surface area contributed by atoms with E-state index in [0.717, 1.165) is 13.0 Å². The van der Waals surface area contributed by atoms with Crippen molar-refractivity contribution in [2.75, 3.05) is 19.6 Å². The summed E-state index contributed by atoms with van der Waals surface area (Å²) in [6.45, 7) is 7.74. The van der Waals surface area contributed by atoms with E-state index in [1.165, 1.54) is 0 Å². The molecule has 2 amide bonds. The van der Waals surface area contributed by atoms with Gasteiger partial charge >= 0.3 is 0 Å². The number of carbonyl (C=O) groups is 2. The predicted molar refractivity (Wildman–Crippen MR) is 66.2 cm³/mol. The molecule has 1 saturated heterocycles. The van der Waals surface area contributed by atoms with Gasteiger partial charge in [-0.2, -0.15) is 0 Å². The lowest BCUT2D eigenvalue weighted by Gasteiger charge is -2.36. The lowest BCUT2D eigenvalue weighted by Crippen LogP contribution is -2.52. The van der Waals surface area contributed by atoms with Crippen molar-refractivity contribution in [1.82, 2.24) is 10.2 Å². The van der Waals surface area contributed by atoms with Crippen LogP contribution in [0.1, 0.15) is 27.2 Å². The zero-order chi connectivity index (χ0) is 13.0. The summed E-state index contributed by atoms with van der Waals surface area (Å²) in [4.78, 5) is 24.5. The Kier molecular flexibility index (Phi) is 4.93. The minimum atomic E-state index is -0.312. The quantitative estimate of drug-likeness (QED) is 0.725. The van der Waals surface area contributed by atoms with Crippen LogP contribution in [0.5, 0.6) is 0 Å². The van der Waals surface area contributed by atoms with Gasteiger partial charge in [0.15, 0.2) is 0 Å². The fourth-order valence-corrected chi connectivity index (χ4v) is 2.28. The first kappa shape index (κ1) is 14.0. The van der Waals surface area contributed by atoms with Gasteiger partial charge in [0.25, 0.3) is 0 Å². The van der Waals surface area contributed by atoms with E-state index < -0.39 is 0 Å². The van der Waals surface area contributed by atoms with E-state index in [-0.39, 0.29) is 30.3 Å². The number of hydrogen-bond donors (Lipinski definition) is 2. The number of nitrogens with two attached hydrogens (primary N) is 1. The highest BCUT2D eigenvalue weighted by molar-refractivity contribution is 5.78. The third-order valence-electron chi connectivity index (χ3n) is 2.99. The first-order chi connectivity index (χ1) is 7.88. The molecular weight excluding hydrogens is 218 g/mol. The number of nitrogens with zero attached hydrogens (tertiary/aromatic N) is 1. The second-order valence-electron chi connectivity index (χ2n) is 5.36. The lowest BCUT2D eigenvalue weighted by molar-refractivity contribution is -0.125. The van der Waals surface area contributed by atoms with Crippen LogP contribution in [-0.4, -0.2) is 42.4 Å². The largest absolute Gasteiger partial charge is 0.369 e. The lowest BCUT2D eigenvalue weighted by atomic mass is 9.95. The van der Waals surface area contributed by atoms with Gasteiger partial charge in [0.05, 0.1) is 6.54 Å². The summed E-state index contributed by atoms with van der Waals surface area (Å²) in [5.41, 5.74) is 5.20. The Hall–Kier alpha value is -1.10. The number of nitrogens with one attached hydrogen (secondary N) is 1. The smallest absolute Gasteiger partial charge is 0.231 e. The minimum absolute atomic E-state index is 0.00294. The average molecular weight is 241 g/mol. The van der Waals surface area contributed by atoms with Crippen molar-refractivity contribution in [2.24, 2.45) is 17.6 Å². The van der Waals surface area contributed by atoms with Gasteiger partial charge in [0.2, 0.25) is 11.8 Å². The van der Waals surface area contributed by atoms with Crippen LogP contribution >= 0.6 is 0 Å². The number of likely N-dealkylation sites (tertiary alicyclic amines) is 1. The van der Waals surface area contributed by atoms with Crippen LogP contribution in [0.3, 0.4) is 0 Å². The third kappa shape index (κ3) is 4.73. The monoisotopic (exact) mass is 241 g/mol. The maximum atomic E-state index is 11.6. The average Bonchev–Trinajstić information content (AvgIpc) is 2.14. The molecule has 1 rings (SSSR count). The molecule has 1 aliphatic heterocycles. The second kappa shape index (κ2) is 6.00. The van der Waals surface area contributed by atoms with Crippen molar-refractivity contribution in [2.45, 2.75) is 33.2 Å². The molecule has 0 aromatic carbocycles. The second-order valence-corrected chi connectivity index (χ2v) is 5.36. The Morgan fingerprint density at radius 1 is 1.41 bits per heavy atom. The first-order valence-electron chi connectivity index (χ1n) is 6.19. The SMILES string of the molecule is CC1CC(NC(=O)C(C)C)CN(CC(N)=O)C1. The minimum Gasteiger partial charge on any atom is -0.369 e. The van der Waals surface area contributed by atoms with Crippen LogP contribution in [0.2, 0.25) is 0 Å². The van der Waals surface area contributed by atoms with Crippen LogP contribution < -0.4 is 11.1 Å². The number of hydrogen-bond acceptors (Lipinski definition) is 3. The maximum absolute atomic E-state index is 11.6. The highest BCUT2D eigenvalue weighted by Crippen LogP contribution is 2.16. The summed E-state index contributed by atoms with van der Waals surface area (Å²) in [6, 6.07) is 0.132. The molecule has 0 spiro atoms.